The summed E-state index contributed by atoms with van der Waals surface area (Å²) in [5, 5.41) is 2.12. The van der Waals surface area contributed by atoms with Gasteiger partial charge in [0, 0.05) is 4.88 Å². The van der Waals surface area contributed by atoms with Crippen molar-refractivity contribution in [3.8, 4) is 0 Å². The quantitative estimate of drug-likeness (QED) is 0.571. The van der Waals surface area contributed by atoms with E-state index in [1.807, 2.05) is 11.3 Å². The number of hydrogen-bond acceptors (Lipinski definition) is 1. The highest BCUT2D eigenvalue weighted by Crippen LogP contribution is 2.10. The molecule has 0 aliphatic carbocycles. The van der Waals surface area contributed by atoms with Gasteiger partial charge in [-0.1, -0.05) is 17.7 Å². The lowest BCUT2D eigenvalue weighted by Gasteiger charge is -1.88. The van der Waals surface area contributed by atoms with Gasteiger partial charge in [0.1, 0.15) is 0 Å². The second-order valence-corrected chi connectivity index (χ2v) is 3.60. The van der Waals surface area contributed by atoms with Crippen molar-refractivity contribution < 1.29 is 0 Å². The summed E-state index contributed by atoms with van der Waals surface area (Å²) >= 11 is 1.82. The van der Waals surface area contributed by atoms with Crippen LogP contribution in [0.2, 0.25) is 0 Å². The molecule has 10 heavy (non-hydrogen) atoms. The monoisotopic (exact) mass is 152 g/mol. The lowest BCUT2D eigenvalue weighted by molar-refractivity contribution is 1.25. The summed E-state index contributed by atoms with van der Waals surface area (Å²) in [4.78, 5) is 1.45. The van der Waals surface area contributed by atoms with Crippen LogP contribution in [0.5, 0.6) is 0 Å². The number of hydrogen-bond donors (Lipinski definition) is 0. The van der Waals surface area contributed by atoms with Gasteiger partial charge >= 0.3 is 0 Å². The number of thiophene rings is 1. The summed E-state index contributed by atoms with van der Waals surface area (Å²) < 4.78 is 0. The third-order valence-corrected chi connectivity index (χ3v) is 2.19. The van der Waals surface area contributed by atoms with Gasteiger partial charge in [0.05, 0.1) is 0 Å². The minimum Gasteiger partial charge on any atom is -0.149 e. The average Bonchev–Trinajstić information content (AvgIpc) is 2.34. The first-order valence-electron chi connectivity index (χ1n) is 3.45. The molecule has 0 aliphatic rings. The Morgan fingerprint density at radius 2 is 2.40 bits per heavy atom. The highest BCUT2D eigenvalue weighted by atomic mass is 32.1. The smallest absolute Gasteiger partial charge is 0.00829 e. The summed E-state index contributed by atoms with van der Waals surface area (Å²) in [5.74, 6) is 0. The summed E-state index contributed by atoms with van der Waals surface area (Å²) in [6.45, 7) is 4.27. The maximum absolute atomic E-state index is 2.26. The Bertz CT molecular complexity index is 203. The minimum absolute atomic E-state index is 1.10. The van der Waals surface area contributed by atoms with Crippen molar-refractivity contribution >= 4 is 11.3 Å². The Morgan fingerprint density at radius 3 is 2.90 bits per heavy atom. The van der Waals surface area contributed by atoms with Crippen LogP contribution in [0.25, 0.3) is 0 Å². The van der Waals surface area contributed by atoms with E-state index in [0.29, 0.717) is 0 Å². The summed E-state index contributed by atoms with van der Waals surface area (Å²) in [6.07, 6.45) is 3.35. The molecule has 0 spiro atoms. The Kier molecular flexibility index (Phi) is 2.69. The second kappa shape index (κ2) is 3.57. The fourth-order valence-corrected chi connectivity index (χ4v) is 1.40. The molecule has 1 heterocycles. The molecule has 0 aliphatic heterocycles. The summed E-state index contributed by atoms with van der Waals surface area (Å²) in [6, 6.07) is 4.27. The van der Waals surface area contributed by atoms with Crippen LogP contribution < -0.4 is 0 Å². The first-order chi connectivity index (χ1) is 4.79. The van der Waals surface area contributed by atoms with Crippen LogP contribution in [-0.2, 0) is 6.42 Å². The maximum atomic E-state index is 2.26. The zero-order valence-corrected chi connectivity index (χ0v) is 7.24. The fourth-order valence-electron chi connectivity index (χ4n) is 0.733. The van der Waals surface area contributed by atoms with Gasteiger partial charge in [0.2, 0.25) is 0 Å². The van der Waals surface area contributed by atoms with E-state index in [0.717, 1.165) is 6.42 Å². The van der Waals surface area contributed by atoms with Crippen molar-refractivity contribution in [2.75, 3.05) is 0 Å². The fraction of sp³-hybridized carbons (Fsp3) is 0.333. The third kappa shape index (κ3) is 2.36. The molecule has 0 aromatic carbocycles. The molecular weight excluding hydrogens is 140 g/mol. The molecule has 0 unspecified atom stereocenters. The van der Waals surface area contributed by atoms with Gasteiger partial charge in [0.25, 0.3) is 0 Å². The Balaban J connectivity index is 2.49. The molecule has 0 amide bonds. The van der Waals surface area contributed by atoms with Gasteiger partial charge in [-0.2, -0.15) is 0 Å². The van der Waals surface area contributed by atoms with Crippen LogP contribution in [-0.4, -0.2) is 0 Å². The number of allylic oxidation sites excluding steroid dienone is 2. The van der Waals surface area contributed by atoms with Crippen molar-refractivity contribution in [2.24, 2.45) is 0 Å². The highest BCUT2D eigenvalue weighted by molar-refractivity contribution is 7.09. The zero-order valence-electron chi connectivity index (χ0n) is 6.42. The SMILES string of the molecule is CC(C)=CCc1cccs1. The average molecular weight is 152 g/mol. The molecule has 0 atom stereocenters. The van der Waals surface area contributed by atoms with Crippen LogP contribution in [0, 0.1) is 0 Å². The molecule has 0 radical (unpaired) electrons. The standard InChI is InChI=1S/C9H12S/c1-8(2)5-6-9-4-3-7-10-9/h3-5,7H,6H2,1-2H3. The lowest BCUT2D eigenvalue weighted by atomic mass is 10.2. The predicted octanol–water partition coefficient (Wildman–Crippen LogP) is 3.26. The van der Waals surface area contributed by atoms with E-state index < -0.39 is 0 Å². The molecule has 0 nitrogen and oxygen atoms in total. The molecule has 54 valence electrons. The zero-order chi connectivity index (χ0) is 7.40. The molecule has 1 rings (SSSR count). The van der Waals surface area contributed by atoms with Crippen LogP contribution >= 0.6 is 11.3 Å². The molecule has 1 heteroatoms. The van der Waals surface area contributed by atoms with Crippen molar-refractivity contribution in [2.45, 2.75) is 20.3 Å². The van der Waals surface area contributed by atoms with Crippen LogP contribution in [0.4, 0.5) is 0 Å². The lowest BCUT2D eigenvalue weighted by Crippen LogP contribution is -1.72. The van der Waals surface area contributed by atoms with Crippen molar-refractivity contribution in [3.05, 3.63) is 34.0 Å². The van der Waals surface area contributed by atoms with E-state index in [4.69, 9.17) is 0 Å². The number of rotatable bonds is 2. The highest BCUT2D eigenvalue weighted by Gasteiger charge is 1.87. The molecule has 0 fully saturated rings. The van der Waals surface area contributed by atoms with Crippen LogP contribution in [0.1, 0.15) is 18.7 Å². The van der Waals surface area contributed by atoms with Crippen molar-refractivity contribution in [1.82, 2.24) is 0 Å². The van der Waals surface area contributed by atoms with Crippen LogP contribution in [0.15, 0.2) is 29.2 Å². The van der Waals surface area contributed by atoms with Gasteiger partial charge < -0.3 is 0 Å². The van der Waals surface area contributed by atoms with E-state index in [-0.39, 0.29) is 0 Å². The van der Waals surface area contributed by atoms with E-state index in [2.05, 4.69) is 37.4 Å². The third-order valence-electron chi connectivity index (χ3n) is 1.29. The largest absolute Gasteiger partial charge is 0.149 e. The molecule has 0 saturated heterocycles. The molecule has 0 bridgehead atoms. The minimum atomic E-state index is 1.10. The van der Waals surface area contributed by atoms with E-state index in [9.17, 15) is 0 Å². The maximum Gasteiger partial charge on any atom is 0.00829 e. The summed E-state index contributed by atoms with van der Waals surface area (Å²) in [5.41, 5.74) is 1.40. The molecule has 1 aromatic rings. The van der Waals surface area contributed by atoms with Gasteiger partial charge in [-0.05, 0) is 31.7 Å². The van der Waals surface area contributed by atoms with Crippen LogP contribution in [0.3, 0.4) is 0 Å². The Labute approximate surface area is 66.2 Å². The van der Waals surface area contributed by atoms with Gasteiger partial charge in [-0.15, -0.1) is 11.3 Å². The molecule has 1 aromatic heterocycles. The first-order valence-corrected chi connectivity index (χ1v) is 4.33. The topological polar surface area (TPSA) is 0 Å². The Morgan fingerprint density at radius 1 is 1.60 bits per heavy atom. The van der Waals surface area contributed by atoms with E-state index >= 15 is 0 Å². The van der Waals surface area contributed by atoms with E-state index in [1.54, 1.807) is 0 Å². The van der Waals surface area contributed by atoms with Gasteiger partial charge in [0.15, 0.2) is 0 Å². The molecule has 0 N–H and O–H groups in total. The van der Waals surface area contributed by atoms with Gasteiger partial charge in [-0.25, -0.2) is 0 Å². The molecular formula is C9H12S. The molecule has 0 saturated carbocycles. The van der Waals surface area contributed by atoms with E-state index in [1.165, 1.54) is 10.5 Å². The summed E-state index contributed by atoms with van der Waals surface area (Å²) in [7, 11) is 0. The normalized spacial score (nSPS) is 9.40. The predicted molar refractivity (Wildman–Crippen MR) is 47.5 cm³/mol. The Hall–Kier alpha value is -0.560. The first kappa shape index (κ1) is 7.55. The second-order valence-electron chi connectivity index (χ2n) is 2.56. The van der Waals surface area contributed by atoms with Gasteiger partial charge in [-0.3, -0.25) is 0 Å². The van der Waals surface area contributed by atoms with Crippen molar-refractivity contribution in [3.63, 3.8) is 0 Å². The van der Waals surface area contributed by atoms with Crippen molar-refractivity contribution in [1.29, 1.82) is 0 Å².